The van der Waals surface area contributed by atoms with Crippen molar-refractivity contribution in [3.63, 3.8) is 0 Å². The highest BCUT2D eigenvalue weighted by Crippen LogP contribution is 2.27. The van der Waals surface area contributed by atoms with Gasteiger partial charge in [0.25, 0.3) is 0 Å². The first kappa shape index (κ1) is 15.1. The van der Waals surface area contributed by atoms with Crippen molar-refractivity contribution in [1.29, 1.82) is 0 Å². The second-order valence-electron chi connectivity index (χ2n) is 6.57. The summed E-state index contributed by atoms with van der Waals surface area (Å²) < 4.78 is 1.72. The first-order chi connectivity index (χ1) is 11.8. The van der Waals surface area contributed by atoms with E-state index in [1.807, 2.05) is 12.4 Å². The molecule has 2 aromatic rings. The molecule has 3 heterocycles. The molecule has 7 heteroatoms. The van der Waals surface area contributed by atoms with Gasteiger partial charge >= 0.3 is 0 Å². The molecule has 1 aliphatic heterocycles. The Labute approximate surface area is 141 Å². The molecule has 126 valence electrons. The molecule has 2 fully saturated rings. The quantitative estimate of drug-likeness (QED) is 0.933. The fraction of sp³-hybridized carbons (Fsp3) is 0.529. The van der Waals surface area contributed by atoms with E-state index in [4.69, 9.17) is 0 Å². The molecule has 4 rings (SSSR count). The molecule has 0 unspecified atom stereocenters. The summed E-state index contributed by atoms with van der Waals surface area (Å²) in [5.41, 5.74) is 1.71. The summed E-state index contributed by atoms with van der Waals surface area (Å²) in [6.45, 7) is 2.04. The van der Waals surface area contributed by atoms with Gasteiger partial charge < -0.3 is 10.2 Å². The zero-order chi connectivity index (χ0) is 16.4. The summed E-state index contributed by atoms with van der Waals surface area (Å²) in [5.74, 6) is 1.01. The van der Waals surface area contributed by atoms with Crippen LogP contribution in [0.4, 0.5) is 11.4 Å². The minimum absolute atomic E-state index is 0.106. The van der Waals surface area contributed by atoms with Crippen LogP contribution in [0.1, 0.15) is 38.5 Å². The number of rotatable bonds is 4. The lowest BCUT2D eigenvalue weighted by Gasteiger charge is -2.19. The van der Waals surface area contributed by atoms with Gasteiger partial charge in [0.05, 0.1) is 24.3 Å². The molecule has 1 saturated carbocycles. The van der Waals surface area contributed by atoms with Gasteiger partial charge in [0.15, 0.2) is 5.82 Å². The highest BCUT2D eigenvalue weighted by molar-refractivity contribution is 5.92. The van der Waals surface area contributed by atoms with E-state index in [2.05, 4.69) is 25.3 Å². The van der Waals surface area contributed by atoms with Crippen molar-refractivity contribution in [3.8, 4) is 5.82 Å². The third-order valence-electron chi connectivity index (χ3n) is 4.91. The summed E-state index contributed by atoms with van der Waals surface area (Å²) in [5, 5.41) is 7.37. The van der Waals surface area contributed by atoms with Crippen LogP contribution in [0.15, 0.2) is 24.9 Å². The fourth-order valence-corrected chi connectivity index (χ4v) is 3.61. The summed E-state index contributed by atoms with van der Waals surface area (Å²) in [7, 11) is 0. The lowest BCUT2D eigenvalue weighted by atomic mass is 10.1. The van der Waals surface area contributed by atoms with Crippen LogP contribution >= 0.6 is 0 Å². The molecule has 7 nitrogen and oxygen atoms in total. The van der Waals surface area contributed by atoms with Gasteiger partial charge in [0.2, 0.25) is 5.91 Å². The van der Waals surface area contributed by atoms with Gasteiger partial charge in [0.1, 0.15) is 12.0 Å². The third kappa shape index (κ3) is 2.98. The van der Waals surface area contributed by atoms with Gasteiger partial charge in [-0.3, -0.25) is 4.79 Å². The average molecular weight is 326 g/mol. The summed E-state index contributed by atoms with van der Waals surface area (Å²) >= 11 is 0. The van der Waals surface area contributed by atoms with Crippen LogP contribution in [0.25, 0.3) is 5.82 Å². The van der Waals surface area contributed by atoms with Crippen molar-refractivity contribution >= 4 is 17.3 Å². The molecule has 2 aromatic heterocycles. The highest BCUT2D eigenvalue weighted by atomic mass is 16.1. The van der Waals surface area contributed by atoms with E-state index < -0.39 is 0 Å². The molecule has 0 radical (unpaired) electrons. The molecule has 1 aliphatic carbocycles. The van der Waals surface area contributed by atoms with Crippen molar-refractivity contribution < 1.29 is 4.79 Å². The standard InChI is InChI=1S/C17H22N6O/c24-17(13-5-1-2-6-13)21-14-9-20-23(11-14)16-15(10-18-12-19-16)22-7-3-4-8-22/h9-13H,1-8H2,(H,21,24). The van der Waals surface area contributed by atoms with E-state index in [9.17, 15) is 4.79 Å². The largest absolute Gasteiger partial charge is 0.367 e. The number of hydrogen-bond donors (Lipinski definition) is 1. The minimum Gasteiger partial charge on any atom is -0.367 e. The predicted octanol–water partition coefficient (Wildman–Crippen LogP) is 2.39. The Kier molecular flexibility index (Phi) is 4.15. The number of carbonyl (C=O) groups is 1. The van der Waals surface area contributed by atoms with Crippen LogP contribution in [0.5, 0.6) is 0 Å². The van der Waals surface area contributed by atoms with Gasteiger partial charge in [0, 0.05) is 19.0 Å². The smallest absolute Gasteiger partial charge is 0.227 e. The predicted molar refractivity (Wildman–Crippen MR) is 91.2 cm³/mol. The fourth-order valence-electron chi connectivity index (χ4n) is 3.61. The number of aromatic nitrogens is 4. The molecular formula is C17H22N6O. The molecule has 0 aromatic carbocycles. The Morgan fingerprint density at radius 1 is 1.12 bits per heavy atom. The van der Waals surface area contributed by atoms with Crippen LogP contribution in [0.2, 0.25) is 0 Å². The number of amides is 1. The number of hydrogen-bond acceptors (Lipinski definition) is 5. The lowest BCUT2D eigenvalue weighted by Crippen LogP contribution is -2.21. The van der Waals surface area contributed by atoms with Crippen molar-refractivity contribution in [2.75, 3.05) is 23.3 Å². The summed E-state index contributed by atoms with van der Waals surface area (Å²) in [4.78, 5) is 23.1. The van der Waals surface area contributed by atoms with Crippen LogP contribution < -0.4 is 10.2 Å². The zero-order valence-electron chi connectivity index (χ0n) is 13.7. The van der Waals surface area contributed by atoms with Gasteiger partial charge in [-0.15, -0.1) is 0 Å². The molecule has 0 atom stereocenters. The maximum absolute atomic E-state index is 12.3. The second-order valence-corrected chi connectivity index (χ2v) is 6.57. The topological polar surface area (TPSA) is 75.9 Å². The van der Waals surface area contributed by atoms with Gasteiger partial charge in [-0.05, 0) is 25.7 Å². The van der Waals surface area contributed by atoms with E-state index in [1.165, 1.54) is 19.2 Å². The number of nitrogens with one attached hydrogen (secondary N) is 1. The molecular weight excluding hydrogens is 304 g/mol. The molecule has 24 heavy (non-hydrogen) atoms. The van der Waals surface area contributed by atoms with Crippen LogP contribution in [-0.2, 0) is 4.79 Å². The summed E-state index contributed by atoms with van der Waals surface area (Å²) in [6.07, 6.45) is 13.5. The monoisotopic (exact) mass is 326 g/mol. The van der Waals surface area contributed by atoms with Crippen molar-refractivity contribution in [2.45, 2.75) is 38.5 Å². The zero-order valence-corrected chi connectivity index (χ0v) is 13.7. The van der Waals surface area contributed by atoms with Crippen LogP contribution in [-0.4, -0.2) is 38.7 Å². The molecule has 0 spiro atoms. The number of anilines is 2. The Hall–Kier alpha value is -2.44. The third-order valence-corrected chi connectivity index (χ3v) is 4.91. The average Bonchev–Trinajstić information content (AvgIpc) is 3.36. The first-order valence-corrected chi connectivity index (χ1v) is 8.72. The van der Waals surface area contributed by atoms with Gasteiger partial charge in [-0.2, -0.15) is 5.10 Å². The Bertz CT molecular complexity index is 715. The van der Waals surface area contributed by atoms with Gasteiger partial charge in [-0.25, -0.2) is 14.6 Å². The maximum Gasteiger partial charge on any atom is 0.227 e. The molecule has 1 amide bonds. The number of nitrogens with zero attached hydrogens (tertiary/aromatic N) is 5. The lowest BCUT2D eigenvalue weighted by molar-refractivity contribution is -0.119. The van der Waals surface area contributed by atoms with Crippen LogP contribution in [0, 0.1) is 5.92 Å². The normalized spacial score (nSPS) is 18.2. The van der Waals surface area contributed by atoms with Crippen molar-refractivity contribution in [1.82, 2.24) is 19.7 Å². The number of carbonyl (C=O) groups excluding carboxylic acids is 1. The SMILES string of the molecule is O=C(Nc1cnn(-c2ncncc2N2CCCC2)c1)C1CCCC1. The van der Waals surface area contributed by atoms with Crippen molar-refractivity contribution in [3.05, 3.63) is 24.9 Å². The first-order valence-electron chi connectivity index (χ1n) is 8.72. The Balaban J connectivity index is 1.53. The second kappa shape index (κ2) is 6.59. The van der Waals surface area contributed by atoms with Gasteiger partial charge in [-0.1, -0.05) is 12.8 Å². The molecule has 1 saturated heterocycles. The van der Waals surface area contributed by atoms with E-state index in [-0.39, 0.29) is 11.8 Å². The summed E-state index contributed by atoms with van der Waals surface area (Å²) in [6, 6.07) is 0. The van der Waals surface area contributed by atoms with Crippen molar-refractivity contribution in [2.24, 2.45) is 5.92 Å². The molecule has 0 bridgehead atoms. The van der Waals surface area contributed by atoms with E-state index in [1.54, 1.807) is 10.9 Å². The maximum atomic E-state index is 12.3. The van der Waals surface area contributed by atoms with Crippen LogP contribution in [0.3, 0.4) is 0 Å². The molecule has 2 aliphatic rings. The van der Waals surface area contributed by atoms with E-state index in [0.717, 1.165) is 56.0 Å². The highest BCUT2D eigenvalue weighted by Gasteiger charge is 2.23. The Morgan fingerprint density at radius 2 is 1.92 bits per heavy atom. The minimum atomic E-state index is 0.106. The molecule has 1 N–H and O–H groups in total. The Morgan fingerprint density at radius 3 is 2.71 bits per heavy atom. The van der Waals surface area contributed by atoms with E-state index >= 15 is 0 Å². The van der Waals surface area contributed by atoms with E-state index in [0.29, 0.717) is 0 Å².